The van der Waals surface area contributed by atoms with Gasteiger partial charge in [-0.25, -0.2) is 13.1 Å². The van der Waals surface area contributed by atoms with E-state index in [1.165, 1.54) is 12.1 Å². The molecule has 0 radical (unpaired) electrons. The lowest BCUT2D eigenvalue weighted by Gasteiger charge is -2.15. The van der Waals surface area contributed by atoms with E-state index in [0.717, 1.165) is 36.8 Å². The Bertz CT molecular complexity index is 1020. The van der Waals surface area contributed by atoms with E-state index >= 15 is 0 Å². The van der Waals surface area contributed by atoms with Crippen molar-refractivity contribution in [2.24, 2.45) is 0 Å². The average molecular weight is 441 g/mol. The lowest BCUT2D eigenvalue weighted by atomic mass is 10.1. The Morgan fingerprint density at radius 2 is 1.68 bits per heavy atom. The number of nitrogens with one attached hydrogen (secondary N) is 2. The normalized spacial score (nSPS) is 15.0. The second-order valence-corrected chi connectivity index (χ2v) is 9.62. The molecule has 1 saturated carbocycles. The minimum Gasteiger partial charge on any atom is -0.322 e. The highest BCUT2D eigenvalue weighted by Crippen LogP contribution is 2.30. The van der Waals surface area contributed by atoms with Crippen molar-refractivity contribution in [3.05, 3.63) is 57.1 Å². The van der Waals surface area contributed by atoms with E-state index in [4.69, 9.17) is 23.2 Å². The average Bonchev–Trinajstić information content (AvgIpc) is 3.10. The summed E-state index contributed by atoms with van der Waals surface area (Å²) >= 11 is 12.3. The van der Waals surface area contributed by atoms with Crippen molar-refractivity contribution in [2.75, 3.05) is 5.32 Å². The first-order valence-electron chi connectivity index (χ1n) is 9.07. The van der Waals surface area contributed by atoms with Crippen molar-refractivity contribution >= 4 is 44.8 Å². The van der Waals surface area contributed by atoms with Gasteiger partial charge in [0.25, 0.3) is 5.91 Å². The first-order valence-corrected chi connectivity index (χ1v) is 11.3. The van der Waals surface area contributed by atoms with Crippen LogP contribution in [-0.4, -0.2) is 20.4 Å². The first-order chi connectivity index (χ1) is 13.2. The molecular formula is C20H22Cl2N2O3S. The van der Waals surface area contributed by atoms with Gasteiger partial charge in [0.05, 0.1) is 15.6 Å². The number of benzene rings is 2. The molecule has 8 heteroatoms. The third kappa shape index (κ3) is 4.69. The molecule has 0 aromatic heterocycles. The number of aryl methyl sites for hydroxylation is 2. The molecule has 0 aliphatic heterocycles. The van der Waals surface area contributed by atoms with Gasteiger partial charge in [-0.1, -0.05) is 42.1 Å². The highest BCUT2D eigenvalue weighted by atomic mass is 35.5. The van der Waals surface area contributed by atoms with E-state index in [1.54, 1.807) is 6.07 Å². The fourth-order valence-electron chi connectivity index (χ4n) is 3.25. The summed E-state index contributed by atoms with van der Waals surface area (Å²) in [4.78, 5) is 12.6. The fourth-order valence-corrected chi connectivity index (χ4v) is 5.42. The molecule has 0 heterocycles. The molecule has 0 spiro atoms. The summed E-state index contributed by atoms with van der Waals surface area (Å²) in [5.41, 5.74) is 2.79. The third-order valence-corrected chi connectivity index (χ3v) is 7.30. The van der Waals surface area contributed by atoms with Crippen LogP contribution in [0.3, 0.4) is 0 Å². The summed E-state index contributed by atoms with van der Waals surface area (Å²) in [6.45, 7) is 3.92. The van der Waals surface area contributed by atoms with Crippen LogP contribution in [0.15, 0.2) is 35.2 Å². The molecule has 1 fully saturated rings. The fraction of sp³-hybridized carbons (Fsp3) is 0.350. The van der Waals surface area contributed by atoms with Crippen LogP contribution in [0.1, 0.15) is 47.2 Å². The number of amides is 1. The minimum atomic E-state index is -3.85. The zero-order chi connectivity index (χ0) is 20.5. The van der Waals surface area contributed by atoms with Crippen LogP contribution in [0.25, 0.3) is 0 Å². The maximum atomic E-state index is 12.8. The van der Waals surface area contributed by atoms with Gasteiger partial charge < -0.3 is 5.32 Å². The van der Waals surface area contributed by atoms with Crippen LogP contribution >= 0.6 is 23.2 Å². The highest BCUT2D eigenvalue weighted by molar-refractivity contribution is 7.89. The Balaban J connectivity index is 1.89. The molecule has 0 saturated heterocycles. The molecule has 2 aromatic carbocycles. The van der Waals surface area contributed by atoms with Crippen molar-refractivity contribution in [1.29, 1.82) is 0 Å². The summed E-state index contributed by atoms with van der Waals surface area (Å²) in [6.07, 6.45) is 3.57. The van der Waals surface area contributed by atoms with E-state index < -0.39 is 15.9 Å². The van der Waals surface area contributed by atoms with Crippen molar-refractivity contribution in [3.8, 4) is 0 Å². The highest BCUT2D eigenvalue weighted by Gasteiger charge is 2.27. The molecule has 0 bridgehead atoms. The number of carbonyl (C=O) groups is 1. The van der Waals surface area contributed by atoms with E-state index in [-0.39, 0.29) is 26.5 Å². The molecule has 3 rings (SSSR count). The zero-order valence-electron chi connectivity index (χ0n) is 15.7. The number of hydrogen-bond acceptors (Lipinski definition) is 3. The second-order valence-electron chi connectivity index (χ2n) is 7.12. The van der Waals surface area contributed by atoms with Gasteiger partial charge in [-0.05, 0) is 62.1 Å². The number of sulfonamides is 1. The van der Waals surface area contributed by atoms with Crippen LogP contribution in [0.4, 0.5) is 5.69 Å². The Kier molecular flexibility index (Phi) is 6.34. The first kappa shape index (κ1) is 21.1. The van der Waals surface area contributed by atoms with E-state index in [1.807, 2.05) is 26.0 Å². The largest absolute Gasteiger partial charge is 0.322 e. The van der Waals surface area contributed by atoms with Crippen molar-refractivity contribution in [1.82, 2.24) is 4.72 Å². The third-order valence-electron chi connectivity index (χ3n) is 5.00. The molecule has 150 valence electrons. The van der Waals surface area contributed by atoms with Crippen molar-refractivity contribution in [3.63, 3.8) is 0 Å². The summed E-state index contributed by atoms with van der Waals surface area (Å²) in [5, 5.41) is 2.83. The van der Waals surface area contributed by atoms with Gasteiger partial charge in [0, 0.05) is 11.7 Å². The van der Waals surface area contributed by atoms with Crippen LogP contribution < -0.4 is 10.0 Å². The Morgan fingerprint density at radius 1 is 1.00 bits per heavy atom. The van der Waals surface area contributed by atoms with Gasteiger partial charge in [-0.2, -0.15) is 0 Å². The SMILES string of the molecule is Cc1ccc(NC(=O)c2cc(S(=O)(=O)NC3CCCC3)c(Cl)cc2Cl)cc1C. The molecule has 5 nitrogen and oxygen atoms in total. The quantitative estimate of drug-likeness (QED) is 0.679. The lowest BCUT2D eigenvalue weighted by molar-refractivity contribution is 0.102. The number of halogens is 2. The second kappa shape index (κ2) is 8.41. The van der Waals surface area contributed by atoms with Gasteiger partial charge >= 0.3 is 0 Å². The molecule has 1 aliphatic carbocycles. The Hall–Kier alpha value is -1.60. The number of hydrogen-bond donors (Lipinski definition) is 2. The van der Waals surface area contributed by atoms with Crippen LogP contribution in [0.5, 0.6) is 0 Å². The van der Waals surface area contributed by atoms with Crippen molar-refractivity contribution < 1.29 is 13.2 Å². The molecule has 2 aromatic rings. The maximum Gasteiger partial charge on any atom is 0.257 e. The van der Waals surface area contributed by atoms with Gasteiger partial charge in [0.2, 0.25) is 10.0 Å². The van der Waals surface area contributed by atoms with E-state index in [9.17, 15) is 13.2 Å². The maximum absolute atomic E-state index is 12.8. The number of anilines is 1. The summed E-state index contributed by atoms with van der Waals surface area (Å²) < 4.78 is 28.2. The van der Waals surface area contributed by atoms with Crippen LogP contribution in [0.2, 0.25) is 10.0 Å². The van der Waals surface area contributed by atoms with E-state index in [0.29, 0.717) is 5.69 Å². The molecule has 2 N–H and O–H groups in total. The van der Waals surface area contributed by atoms with Gasteiger partial charge in [-0.3, -0.25) is 4.79 Å². The molecular weight excluding hydrogens is 419 g/mol. The predicted molar refractivity (Wildman–Crippen MR) is 113 cm³/mol. The molecule has 1 amide bonds. The van der Waals surface area contributed by atoms with Gasteiger partial charge in [-0.15, -0.1) is 0 Å². The van der Waals surface area contributed by atoms with Gasteiger partial charge in [0.15, 0.2) is 0 Å². The zero-order valence-corrected chi connectivity index (χ0v) is 18.0. The Labute approximate surface area is 175 Å². The van der Waals surface area contributed by atoms with Crippen LogP contribution in [0, 0.1) is 13.8 Å². The standard InChI is InChI=1S/C20H22Cl2N2O3S/c1-12-7-8-15(9-13(12)2)23-20(25)16-10-19(18(22)11-17(16)21)28(26,27)24-14-5-3-4-6-14/h7-11,14,24H,3-6H2,1-2H3,(H,23,25). The monoisotopic (exact) mass is 440 g/mol. The number of carbonyl (C=O) groups excluding carboxylic acids is 1. The minimum absolute atomic E-state index is 0.0155. The lowest BCUT2D eigenvalue weighted by Crippen LogP contribution is -2.33. The Morgan fingerprint density at radius 3 is 2.32 bits per heavy atom. The summed E-state index contributed by atoms with van der Waals surface area (Å²) in [5.74, 6) is -0.498. The van der Waals surface area contributed by atoms with E-state index in [2.05, 4.69) is 10.0 Å². The predicted octanol–water partition coefficient (Wildman–Crippen LogP) is 5.08. The smallest absolute Gasteiger partial charge is 0.257 e. The van der Waals surface area contributed by atoms with Gasteiger partial charge in [0.1, 0.15) is 4.90 Å². The molecule has 0 unspecified atom stereocenters. The molecule has 28 heavy (non-hydrogen) atoms. The summed E-state index contributed by atoms with van der Waals surface area (Å²) in [7, 11) is -3.85. The topological polar surface area (TPSA) is 75.3 Å². The number of rotatable bonds is 5. The van der Waals surface area contributed by atoms with Crippen LogP contribution in [-0.2, 0) is 10.0 Å². The molecule has 1 aliphatic rings. The molecule has 0 atom stereocenters. The van der Waals surface area contributed by atoms with Crippen molar-refractivity contribution in [2.45, 2.75) is 50.5 Å². The summed E-state index contributed by atoms with van der Waals surface area (Å²) in [6, 6.07) is 7.94.